The molecule has 0 spiro atoms. The molecular formula is C13H16ClNO2. The van der Waals surface area contributed by atoms with Crippen molar-refractivity contribution < 1.29 is 4.74 Å². The fraction of sp³-hybridized carbons (Fsp3) is 0.308. The highest BCUT2D eigenvalue weighted by Crippen LogP contribution is 2.30. The van der Waals surface area contributed by atoms with Gasteiger partial charge in [0.2, 0.25) is 0 Å². The highest BCUT2D eigenvalue weighted by atomic mass is 35.5. The van der Waals surface area contributed by atoms with Gasteiger partial charge < -0.3 is 9.72 Å². The van der Waals surface area contributed by atoms with Crippen LogP contribution in [0.2, 0.25) is 5.02 Å². The van der Waals surface area contributed by atoms with Gasteiger partial charge in [0, 0.05) is 10.9 Å². The van der Waals surface area contributed by atoms with Crippen molar-refractivity contribution in [2.75, 3.05) is 7.11 Å². The van der Waals surface area contributed by atoms with Crippen LogP contribution < -0.4 is 10.3 Å². The number of nitrogens with one attached hydrogen (secondary N) is 1. The largest absolute Gasteiger partial charge is 0.495 e. The quantitative estimate of drug-likeness (QED) is 0.845. The monoisotopic (exact) mass is 253 g/mol. The number of methoxy groups -OCH3 is 1. The van der Waals surface area contributed by atoms with Crippen LogP contribution in [0.25, 0.3) is 10.9 Å². The molecule has 3 nitrogen and oxygen atoms in total. The Labute approximate surface area is 105 Å². The van der Waals surface area contributed by atoms with Crippen molar-refractivity contribution in [3.05, 3.63) is 39.1 Å². The van der Waals surface area contributed by atoms with Crippen LogP contribution in [0, 0.1) is 6.92 Å². The minimum atomic E-state index is -0.127. The second-order valence-electron chi connectivity index (χ2n) is 3.33. The standard InChI is InChI=1S/C11H10ClNO2.C2H6/c1-6-5-7-3-4-8(15-2)9(12)10(7)13-11(6)14;1-2/h3-5H,1-2H3,(H,13,14);1-2H3. The van der Waals surface area contributed by atoms with E-state index in [4.69, 9.17) is 16.3 Å². The molecule has 0 unspecified atom stereocenters. The normalized spacial score (nSPS) is 9.71. The summed E-state index contributed by atoms with van der Waals surface area (Å²) in [6, 6.07) is 5.45. The molecule has 0 saturated heterocycles. The Morgan fingerprint density at radius 2 is 1.94 bits per heavy atom. The van der Waals surface area contributed by atoms with Gasteiger partial charge in [-0.15, -0.1) is 0 Å². The van der Waals surface area contributed by atoms with Gasteiger partial charge in [-0.3, -0.25) is 4.79 Å². The molecule has 17 heavy (non-hydrogen) atoms. The Bertz CT molecular complexity index is 575. The first-order valence-corrected chi connectivity index (χ1v) is 5.87. The van der Waals surface area contributed by atoms with E-state index in [-0.39, 0.29) is 5.56 Å². The molecule has 1 aromatic carbocycles. The Kier molecular flexibility index (Phi) is 4.58. The summed E-state index contributed by atoms with van der Waals surface area (Å²) in [5.74, 6) is 0.559. The van der Waals surface area contributed by atoms with Crippen molar-refractivity contribution in [2.45, 2.75) is 20.8 Å². The van der Waals surface area contributed by atoms with Gasteiger partial charge in [-0.05, 0) is 25.1 Å². The van der Waals surface area contributed by atoms with Crippen molar-refractivity contribution in [1.82, 2.24) is 4.98 Å². The number of fused-ring (bicyclic) bond motifs is 1. The van der Waals surface area contributed by atoms with E-state index in [2.05, 4.69) is 4.98 Å². The summed E-state index contributed by atoms with van der Waals surface area (Å²) in [7, 11) is 1.54. The van der Waals surface area contributed by atoms with Crippen molar-refractivity contribution in [1.29, 1.82) is 0 Å². The summed E-state index contributed by atoms with van der Waals surface area (Å²) in [5.41, 5.74) is 1.16. The number of aromatic nitrogens is 1. The van der Waals surface area contributed by atoms with Crippen molar-refractivity contribution >= 4 is 22.5 Å². The minimum Gasteiger partial charge on any atom is -0.495 e. The summed E-state index contributed by atoms with van der Waals surface area (Å²) in [6.45, 7) is 5.76. The molecule has 4 heteroatoms. The molecule has 1 heterocycles. The predicted molar refractivity (Wildman–Crippen MR) is 72.2 cm³/mol. The average molecular weight is 254 g/mol. The van der Waals surface area contributed by atoms with Crippen molar-refractivity contribution in [3.63, 3.8) is 0 Å². The molecule has 0 aliphatic rings. The average Bonchev–Trinajstić information content (AvgIpc) is 2.35. The number of H-pyrrole nitrogens is 1. The first-order valence-electron chi connectivity index (χ1n) is 5.49. The summed E-state index contributed by atoms with van der Waals surface area (Å²) in [4.78, 5) is 14.2. The Morgan fingerprint density at radius 3 is 2.53 bits per heavy atom. The molecule has 0 bridgehead atoms. The van der Waals surface area contributed by atoms with E-state index >= 15 is 0 Å². The molecule has 92 valence electrons. The molecule has 0 fully saturated rings. The topological polar surface area (TPSA) is 42.1 Å². The summed E-state index contributed by atoms with van der Waals surface area (Å²) in [6.07, 6.45) is 0. The Hall–Kier alpha value is -1.48. The molecule has 0 atom stereocenters. The number of ether oxygens (including phenoxy) is 1. The van der Waals surface area contributed by atoms with Gasteiger partial charge in [-0.2, -0.15) is 0 Å². The lowest BCUT2D eigenvalue weighted by Crippen LogP contribution is -2.08. The zero-order chi connectivity index (χ0) is 13.0. The van der Waals surface area contributed by atoms with E-state index in [1.54, 1.807) is 26.2 Å². The van der Waals surface area contributed by atoms with Crippen LogP contribution >= 0.6 is 11.6 Å². The van der Waals surface area contributed by atoms with Gasteiger partial charge in [0.05, 0.1) is 12.6 Å². The van der Waals surface area contributed by atoms with E-state index in [1.807, 2.05) is 19.9 Å². The van der Waals surface area contributed by atoms with Crippen molar-refractivity contribution in [2.24, 2.45) is 0 Å². The zero-order valence-electron chi connectivity index (χ0n) is 10.4. The van der Waals surface area contributed by atoms with Gasteiger partial charge >= 0.3 is 0 Å². The summed E-state index contributed by atoms with van der Waals surface area (Å²) < 4.78 is 5.07. The number of aryl methyl sites for hydroxylation is 1. The molecule has 0 amide bonds. The highest BCUT2D eigenvalue weighted by Gasteiger charge is 2.07. The van der Waals surface area contributed by atoms with Gasteiger partial charge in [0.25, 0.3) is 5.56 Å². The molecular weight excluding hydrogens is 238 g/mol. The number of aromatic amines is 1. The molecule has 2 rings (SSSR count). The first kappa shape index (κ1) is 13.6. The van der Waals surface area contributed by atoms with E-state index in [0.717, 1.165) is 5.39 Å². The SMILES string of the molecule is CC.COc1ccc2cc(C)c(=O)[nH]c2c1Cl. The Balaban J connectivity index is 0.000000686. The third-order valence-corrected chi connectivity index (χ3v) is 2.70. The Morgan fingerprint density at radius 1 is 1.29 bits per heavy atom. The fourth-order valence-corrected chi connectivity index (χ4v) is 1.78. The second-order valence-corrected chi connectivity index (χ2v) is 3.71. The van der Waals surface area contributed by atoms with E-state index in [9.17, 15) is 4.79 Å². The smallest absolute Gasteiger partial charge is 0.251 e. The lowest BCUT2D eigenvalue weighted by Gasteiger charge is -2.06. The molecule has 0 aliphatic carbocycles. The lowest BCUT2D eigenvalue weighted by molar-refractivity contribution is 0.415. The molecule has 1 aromatic heterocycles. The third kappa shape index (κ3) is 2.61. The molecule has 0 radical (unpaired) electrons. The third-order valence-electron chi connectivity index (χ3n) is 2.33. The maximum Gasteiger partial charge on any atom is 0.251 e. The number of hydrogen-bond donors (Lipinski definition) is 1. The summed E-state index contributed by atoms with van der Waals surface area (Å²) >= 11 is 6.07. The first-order chi connectivity index (χ1) is 8.13. The maximum absolute atomic E-state index is 11.4. The summed E-state index contributed by atoms with van der Waals surface area (Å²) in [5, 5.41) is 1.34. The molecule has 2 aromatic rings. The predicted octanol–water partition coefficient (Wildman–Crippen LogP) is 3.52. The van der Waals surface area contributed by atoms with Crippen LogP contribution in [0.15, 0.2) is 23.0 Å². The second kappa shape index (κ2) is 5.73. The number of halogens is 1. The number of hydrogen-bond acceptors (Lipinski definition) is 2. The molecule has 0 saturated carbocycles. The van der Waals surface area contributed by atoms with Crippen LogP contribution in [0.3, 0.4) is 0 Å². The van der Waals surface area contributed by atoms with Gasteiger partial charge in [-0.25, -0.2) is 0 Å². The minimum absolute atomic E-state index is 0.127. The number of rotatable bonds is 1. The number of benzene rings is 1. The highest BCUT2D eigenvalue weighted by molar-refractivity contribution is 6.36. The van der Waals surface area contributed by atoms with Crippen LogP contribution in [-0.2, 0) is 0 Å². The van der Waals surface area contributed by atoms with Crippen LogP contribution in [-0.4, -0.2) is 12.1 Å². The maximum atomic E-state index is 11.4. The van der Waals surface area contributed by atoms with Gasteiger partial charge in [0.15, 0.2) is 0 Å². The zero-order valence-corrected chi connectivity index (χ0v) is 11.2. The van der Waals surface area contributed by atoms with Gasteiger partial charge in [-0.1, -0.05) is 25.4 Å². The van der Waals surface area contributed by atoms with Gasteiger partial charge in [0.1, 0.15) is 10.8 Å². The van der Waals surface area contributed by atoms with E-state index < -0.39 is 0 Å². The molecule has 1 N–H and O–H groups in total. The van der Waals surface area contributed by atoms with Crippen LogP contribution in [0.5, 0.6) is 5.75 Å². The van der Waals surface area contributed by atoms with Crippen LogP contribution in [0.4, 0.5) is 0 Å². The fourth-order valence-electron chi connectivity index (χ4n) is 1.49. The number of pyridine rings is 1. The van der Waals surface area contributed by atoms with Crippen LogP contribution in [0.1, 0.15) is 19.4 Å². The van der Waals surface area contributed by atoms with Crippen molar-refractivity contribution in [3.8, 4) is 5.75 Å². The van der Waals surface area contributed by atoms with E-state index in [0.29, 0.717) is 21.9 Å². The lowest BCUT2D eigenvalue weighted by atomic mass is 10.1. The molecule has 0 aliphatic heterocycles. The van der Waals surface area contributed by atoms with E-state index in [1.165, 1.54) is 0 Å².